The maximum absolute atomic E-state index is 13.6. The summed E-state index contributed by atoms with van der Waals surface area (Å²) in [4.78, 5) is 3.31. The number of alkyl halides is 3. The van der Waals surface area contributed by atoms with E-state index < -0.39 is 12.2 Å². The Balaban J connectivity index is 1.69. The highest BCUT2D eigenvalue weighted by Gasteiger charge is 2.42. The topological polar surface area (TPSA) is 45.6 Å². The van der Waals surface area contributed by atoms with Crippen LogP contribution < -0.4 is 5.32 Å². The summed E-state index contributed by atoms with van der Waals surface area (Å²) in [6, 6.07) is 14.7. The van der Waals surface area contributed by atoms with E-state index in [1.807, 2.05) is 43.3 Å². The molecule has 0 aliphatic rings. The highest BCUT2D eigenvalue weighted by molar-refractivity contribution is 5.88. The SMILES string of the molecule is Cc1ccccc1-c1cc2ccc(NC(c3ccnn3C)C(F)(F)F)cc2[nH]1. The first-order valence-corrected chi connectivity index (χ1v) is 8.83. The lowest BCUT2D eigenvalue weighted by atomic mass is 10.1. The Kier molecular flexibility index (Phi) is 4.37. The monoisotopic (exact) mass is 384 g/mol. The first-order valence-electron chi connectivity index (χ1n) is 8.83. The zero-order valence-electron chi connectivity index (χ0n) is 15.4. The molecule has 0 aliphatic carbocycles. The summed E-state index contributed by atoms with van der Waals surface area (Å²) in [5.41, 5.74) is 4.34. The van der Waals surface area contributed by atoms with Gasteiger partial charge in [-0.1, -0.05) is 30.3 Å². The van der Waals surface area contributed by atoms with E-state index in [1.54, 1.807) is 12.1 Å². The quantitative estimate of drug-likeness (QED) is 0.482. The molecule has 4 nitrogen and oxygen atoms in total. The number of anilines is 1. The molecule has 0 amide bonds. The number of halogens is 3. The number of aromatic amines is 1. The second kappa shape index (κ2) is 6.74. The van der Waals surface area contributed by atoms with Crippen molar-refractivity contribution in [3.8, 4) is 11.3 Å². The van der Waals surface area contributed by atoms with Gasteiger partial charge in [-0.15, -0.1) is 0 Å². The van der Waals surface area contributed by atoms with Crippen molar-refractivity contribution in [2.45, 2.75) is 19.1 Å². The third-order valence-corrected chi connectivity index (χ3v) is 4.85. The number of nitrogens with zero attached hydrogens (tertiary/aromatic N) is 2. The summed E-state index contributed by atoms with van der Waals surface area (Å²) in [5.74, 6) is 0. The number of aryl methyl sites for hydroxylation is 2. The van der Waals surface area contributed by atoms with Crippen molar-refractivity contribution in [1.82, 2.24) is 14.8 Å². The van der Waals surface area contributed by atoms with Gasteiger partial charge in [-0.05, 0) is 36.8 Å². The van der Waals surface area contributed by atoms with Crippen LogP contribution >= 0.6 is 0 Å². The zero-order valence-corrected chi connectivity index (χ0v) is 15.4. The van der Waals surface area contributed by atoms with Gasteiger partial charge >= 0.3 is 6.18 Å². The summed E-state index contributed by atoms with van der Waals surface area (Å²) >= 11 is 0. The fourth-order valence-corrected chi connectivity index (χ4v) is 3.39. The van der Waals surface area contributed by atoms with Gasteiger partial charge in [0, 0.05) is 41.1 Å². The second-order valence-electron chi connectivity index (χ2n) is 6.80. The minimum Gasteiger partial charge on any atom is -0.369 e. The molecule has 1 atom stereocenters. The molecule has 7 heteroatoms. The molecular weight excluding hydrogens is 365 g/mol. The van der Waals surface area contributed by atoms with E-state index in [4.69, 9.17) is 0 Å². The average Bonchev–Trinajstić information content (AvgIpc) is 3.24. The van der Waals surface area contributed by atoms with Crippen LogP contribution in [0, 0.1) is 6.92 Å². The van der Waals surface area contributed by atoms with Crippen LogP contribution in [0.3, 0.4) is 0 Å². The molecule has 144 valence electrons. The molecule has 2 aromatic carbocycles. The number of fused-ring (bicyclic) bond motifs is 1. The predicted octanol–water partition coefficient (Wildman–Crippen LogP) is 5.59. The lowest BCUT2D eigenvalue weighted by molar-refractivity contribution is -0.145. The second-order valence-corrected chi connectivity index (χ2v) is 6.80. The number of H-pyrrole nitrogens is 1. The van der Waals surface area contributed by atoms with Gasteiger partial charge in [0.15, 0.2) is 6.04 Å². The molecule has 2 heterocycles. The van der Waals surface area contributed by atoms with Crippen molar-refractivity contribution in [3.63, 3.8) is 0 Å². The zero-order chi connectivity index (χ0) is 19.9. The van der Waals surface area contributed by atoms with Gasteiger partial charge in [0.25, 0.3) is 0 Å². The van der Waals surface area contributed by atoms with Gasteiger partial charge in [0.2, 0.25) is 0 Å². The van der Waals surface area contributed by atoms with Crippen molar-refractivity contribution in [2.24, 2.45) is 7.05 Å². The van der Waals surface area contributed by atoms with E-state index in [2.05, 4.69) is 15.4 Å². The number of rotatable bonds is 4. The summed E-state index contributed by atoms with van der Waals surface area (Å²) in [7, 11) is 1.50. The summed E-state index contributed by atoms with van der Waals surface area (Å²) < 4.78 is 42.1. The van der Waals surface area contributed by atoms with Gasteiger partial charge < -0.3 is 10.3 Å². The fourth-order valence-electron chi connectivity index (χ4n) is 3.39. The summed E-state index contributed by atoms with van der Waals surface area (Å²) in [5, 5.41) is 7.40. The Morgan fingerprint density at radius 2 is 1.86 bits per heavy atom. The molecule has 4 rings (SSSR count). The maximum atomic E-state index is 13.6. The van der Waals surface area contributed by atoms with E-state index in [0.29, 0.717) is 5.69 Å². The standard InChI is InChI=1S/C21H19F3N4/c1-13-5-3-4-6-16(13)18-11-14-7-8-15(12-17(14)27-18)26-20(21(22,23)24)19-9-10-25-28(19)2/h3-12,20,26-27H,1-2H3. The minimum atomic E-state index is -4.45. The van der Waals surface area contributed by atoms with Crippen molar-refractivity contribution in [3.05, 3.63) is 72.1 Å². The van der Waals surface area contributed by atoms with Crippen LogP contribution in [-0.4, -0.2) is 20.9 Å². The number of hydrogen-bond donors (Lipinski definition) is 2. The predicted molar refractivity (Wildman–Crippen MR) is 104 cm³/mol. The van der Waals surface area contributed by atoms with Crippen LogP contribution in [0.15, 0.2) is 60.8 Å². The minimum absolute atomic E-state index is 0.0553. The molecule has 0 aliphatic heterocycles. The number of aromatic nitrogens is 3. The number of benzene rings is 2. The summed E-state index contributed by atoms with van der Waals surface area (Å²) in [6.07, 6.45) is -3.09. The molecule has 4 aromatic rings. The van der Waals surface area contributed by atoms with Crippen LogP contribution in [0.5, 0.6) is 0 Å². The van der Waals surface area contributed by atoms with Crippen molar-refractivity contribution >= 4 is 16.6 Å². The molecule has 0 spiro atoms. The first kappa shape index (κ1) is 18.2. The van der Waals surface area contributed by atoms with Gasteiger partial charge in [-0.2, -0.15) is 18.3 Å². The van der Waals surface area contributed by atoms with Crippen LogP contribution in [0.1, 0.15) is 17.3 Å². The third kappa shape index (κ3) is 3.35. The molecule has 2 aromatic heterocycles. The first-order chi connectivity index (χ1) is 13.3. The third-order valence-electron chi connectivity index (χ3n) is 4.85. The van der Waals surface area contributed by atoms with Crippen molar-refractivity contribution < 1.29 is 13.2 Å². The Morgan fingerprint density at radius 1 is 1.07 bits per heavy atom. The highest BCUT2D eigenvalue weighted by atomic mass is 19.4. The fraction of sp³-hybridized carbons (Fsp3) is 0.190. The van der Waals surface area contributed by atoms with E-state index in [1.165, 1.54) is 24.0 Å². The lowest BCUT2D eigenvalue weighted by Crippen LogP contribution is -2.29. The van der Waals surface area contributed by atoms with E-state index in [-0.39, 0.29) is 5.69 Å². The maximum Gasteiger partial charge on any atom is 0.414 e. The molecule has 0 saturated heterocycles. The number of nitrogens with one attached hydrogen (secondary N) is 2. The molecule has 2 N–H and O–H groups in total. The summed E-state index contributed by atoms with van der Waals surface area (Å²) in [6.45, 7) is 2.02. The van der Waals surface area contributed by atoms with E-state index in [0.717, 1.165) is 27.7 Å². The molecule has 28 heavy (non-hydrogen) atoms. The molecule has 0 fully saturated rings. The van der Waals surface area contributed by atoms with Crippen LogP contribution in [0.2, 0.25) is 0 Å². The van der Waals surface area contributed by atoms with Crippen LogP contribution in [0.25, 0.3) is 22.2 Å². The van der Waals surface area contributed by atoms with Gasteiger partial charge in [0.05, 0.1) is 5.69 Å². The Morgan fingerprint density at radius 3 is 2.54 bits per heavy atom. The van der Waals surface area contributed by atoms with E-state index in [9.17, 15) is 13.2 Å². The smallest absolute Gasteiger partial charge is 0.369 e. The molecular formula is C21H19F3N4. The van der Waals surface area contributed by atoms with Crippen molar-refractivity contribution in [1.29, 1.82) is 0 Å². The number of hydrogen-bond acceptors (Lipinski definition) is 2. The molecule has 0 radical (unpaired) electrons. The molecule has 1 unspecified atom stereocenters. The molecule has 0 saturated carbocycles. The van der Waals surface area contributed by atoms with E-state index >= 15 is 0 Å². The Labute approximate surface area is 160 Å². The van der Waals surface area contributed by atoms with Crippen LogP contribution in [0.4, 0.5) is 18.9 Å². The van der Waals surface area contributed by atoms with Gasteiger partial charge in [0.1, 0.15) is 0 Å². The largest absolute Gasteiger partial charge is 0.414 e. The van der Waals surface area contributed by atoms with Crippen LogP contribution in [-0.2, 0) is 7.05 Å². The van der Waals surface area contributed by atoms with Gasteiger partial charge in [-0.3, -0.25) is 4.68 Å². The van der Waals surface area contributed by atoms with Gasteiger partial charge in [-0.25, -0.2) is 0 Å². The molecule has 0 bridgehead atoms. The van der Waals surface area contributed by atoms with Crippen molar-refractivity contribution in [2.75, 3.05) is 5.32 Å². The average molecular weight is 384 g/mol. The Hall–Kier alpha value is -3.22. The highest BCUT2D eigenvalue weighted by Crippen LogP contribution is 2.36. The normalized spacial score (nSPS) is 13.0. The lowest BCUT2D eigenvalue weighted by Gasteiger charge is -2.23. The Bertz CT molecular complexity index is 1120.